The predicted octanol–water partition coefficient (Wildman–Crippen LogP) is 1.91. The normalized spacial score (nSPS) is 27.1. The van der Waals surface area contributed by atoms with Crippen molar-refractivity contribution in [1.82, 2.24) is 0 Å². The van der Waals surface area contributed by atoms with Crippen molar-refractivity contribution in [2.24, 2.45) is 16.7 Å². The number of Topliss-reactive ketones (excluding diaryl/α,β-unsaturated/α-hetero) is 1. The fourth-order valence-electron chi connectivity index (χ4n) is 4.09. The molecule has 2 atom stereocenters. The van der Waals surface area contributed by atoms with Crippen LogP contribution in [-0.2, 0) is 25.0 Å². The van der Waals surface area contributed by atoms with Gasteiger partial charge in [-0.25, -0.2) is 0 Å². The molecule has 2 unspecified atom stereocenters. The number of hydrogen-bond acceptors (Lipinski definition) is 6. The van der Waals surface area contributed by atoms with E-state index in [-0.39, 0.29) is 17.1 Å². The molecule has 0 aliphatic heterocycles. The van der Waals surface area contributed by atoms with Crippen LogP contribution >= 0.6 is 0 Å². The maximum atomic E-state index is 11.9. The number of carbonyl (C=O) groups is 1. The first-order valence-electron chi connectivity index (χ1n) is 7.95. The zero-order valence-corrected chi connectivity index (χ0v) is 16.0. The average molecular weight is 406 g/mol. The number of para-hydroxylation sites is 1. The molecule has 146 valence electrons. The number of carbonyl (C=O) groups excluding carboxylic acids is 1. The molecule has 26 heavy (non-hydrogen) atoms. The molecule has 0 aromatic heterocycles. The van der Waals surface area contributed by atoms with Crippen LogP contribution in [0.25, 0.3) is 0 Å². The zero-order valence-electron chi connectivity index (χ0n) is 14.4. The molecular formula is C16H22O8S2. The number of rotatable bonds is 3. The van der Waals surface area contributed by atoms with E-state index in [4.69, 9.17) is 14.2 Å². The summed E-state index contributed by atoms with van der Waals surface area (Å²) in [6.45, 7) is 3.89. The maximum Gasteiger partial charge on any atom is 0.298 e. The topological polar surface area (TPSA) is 146 Å². The molecule has 1 aromatic carbocycles. The molecule has 0 spiro atoms. The van der Waals surface area contributed by atoms with Crippen LogP contribution in [0, 0.1) is 16.7 Å². The van der Waals surface area contributed by atoms with Crippen LogP contribution in [0.3, 0.4) is 0 Å². The minimum absolute atomic E-state index is 0.0152. The summed E-state index contributed by atoms with van der Waals surface area (Å²) in [5.74, 6) is -0.550. The van der Waals surface area contributed by atoms with Crippen LogP contribution < -0.4 is 0 Å². The SMILES string of the molecule is CC1(C)C2CCC1(CS(=O)(=O)O)C(=O)C2.O=S(=O)(O)c1ccccc1O. The molecule has 3 N–H and O–H groups in total. The number of aromatic hydroxyl groups is 1. The molecule has 2 bridgehead atoms. The molecule has 10 heteroatoms. The van der Waals surface area contributed by atoms with Crippen molar-refractivity contribution in [2.75, 3.05) is 5.75 Å². The largest absolute Gasteiger partial charge is 0.506 e. The number of benzene rings is 1. The third-order valence-corrected chi connectivity index (χ3v) is 7.47. The van der Waals surface area contributed by atoms with Crippen LogP contribution in [0.4, 0.5) is 0 Å². The Bertz CT molecular complexity index is 917. The van der Waals surface area contributed by atoms with Gasteiger partial charge in [0.15, 0.2) is 0 Å². The van der Waals surface area contributed by atoms with Crippen LogP contribution in [0.15, 0.2) is 29.2 Å². The summed E-state index contributed by atoms with van der Waals surface area (Å²) in [5, 5.41) is 8.91. The van der Waals surface area contributed by atoms with E-state index in [1.54, 1.807) is 0 Å². The van der Waals surface area contributed by atoms with E-state index in [1.165, 1.54) is 18.2 Å². The van der Waals surface area contributed by atoms with Crippen molar-refractivity contribution in [1.29, 1.82) is 0 Å². The Kier molecular flexibility index (Phi) is 5.28. The smallest absolute Gasteiger partial charge is 0.298 e. The molecule has 0 heterocycles. The highest BCUT2D eigenvalue weighted by Gasteiger charge is 2.65. The summed E-state index contributed by atoms with van der Waals surface area (Å²) in [6, 6.07) is 5.17. The lowest BCUT2D eigenvalue weighted by Gasteiger charge is -2.35. The molecule has 2 aliphatic rings. The number of phenolic OH excluding ortho intramolecular Hbond substituents is 1. The summed E-state index contributed by atoms with van der Waals surface area (Å²) < 4.78 is 60.4. The van der Waals surface area contributed by atoms with E-state index < -0.39 is 42.0 Å². The van der Waals surface area contributed by atoms with Crippen LogP contribution in [0.1, 0.15) is 33.1 Å². The summed E-state index contributed by atoms with van der Waals surface area (Å²) in [6.07, 6.45) is 1.97. The standard InChI is InChI=1S/C10H16O4S.C6H6O4S/c1-9(2)7-3-4-10(9,8(11)5-7)6-15(12,13)14;7-5-3-1-2-4-6(5)11(8,9)10/h7H,3-6H2,1-2H3,(H,12,13,14);1-4,7H,(H,8,9,10). The third kappa shape index (κ3) is 3.78. The molecule has 2 fully saturated rings. The van der Waals surface area contributed by atoms with Gasteiger partial charge in [-0.1, -0.05) is 26.0 Å². The van der Waals surface area contributed by atoms with Gasteiger partial charge in [-0.05, 0) is 36.3 Å². The van der Waals surface area contributed by atoms with Gasteiger partial charge in [-0.3, -0.25) is 13.9 Å². The Morgan fingerprint density at radius 1 is 1.12 bits per heavy atom. The summed E-state index contributed by atoms with van der Waals surface area (Å²) in [4.78, 5) is 11.4. The van der Waals surface area contributed by atoms with Crippen molar-refractivity contribution in [3.05, 3.63) is 24.3 Å². The molecule has 0 saturated heterocycles. The molecule has 1 aromatic rings. The second-order valence-corrected chi connectivity index (χ2v) is 10.2. The van der Waals surface area contributed by atoms with E-state index in [0.29, 0.717) is 12.8 Å². The van der Waals surface area contributed by atoms with E-state index in [1.807, 2.05) is 13.8 Å². The van der Waals surface area contributed by atoms with Gasteiger partial charge in [-0.2, -0.15) is 16.8 Å². The van der Waals surface area contributed by atoms with Crippen LogP contribution in [0.5, 0.6) is 5.75 Å². The van der Waals surface area contributed by atoms with Crippen molar-refractivity contribution < 1.29 is 35.8 Å². The van der Waals surface area contributed by atoms with E-state index >= 15 is 0 Å². The highest BCUT2D eigenvalue weighted by Crippen LogP contribution is 2.64. The maximum absolute atomic E-state index is 11.9. The first-order chi connectivity index (χ1) is 11.7. The quantitative estimate of drug-likeness (QED) is 0.645. The number of ketones is 1. The molecule has 0 amide bonds. The average Bonchev–Trinajstić information content (AvgIpc) is 2.79. The molecule has 3 rings (SSSR count). The van der Waals surface area contributed by atoms with E-state index in [2.05, 4.69) is 0 Å². The van der Waals surface area contributed by atoms with E-state index in [0.717, 1.165) is 12.5 Å². The van der Waals surface area contributed by atoms with Gasteiger partial charge in [0.25, 0.3) is 20.2 Å². The Balaban J connectivity index is 0.000000197. The Hall–Kier alpha value is -1.49. The minimum Gasteiger partial charge on any atom is -0.506 e. The second kappa shape index (κ2) is 6.59. The van der Waals surface area contributed by atoms with E-state index in [9.17, 15) is 21.6 Å². The summed E-state index contributed by atoms with van der Waals surface area (Å²) in [7, 11) is -8.36. The first-order valence-corrected chi connectivity index (χ1v) is 11.0. The molecule has 2 saturated carbocycles. The third-order valence-electron chi connectivity index (χ3n) is 5.71. The van der Waals surface area contributed by atoms with Crippen molar-refractivity contribution >= 4 is 26.0 Å². The minimum atomic E-state index is -4.28. The second-order valence-electron chi connectivity index (χ2n) is 7.34. The van der Waals surface area contributed by atoms with Crippen molar-refractivity contribution in [2.45, 2.75) is 38.0 Å². The van der Waals surface area contributed by atoms with Crippen molar-refractivity contribution in [3.63, 3.8) is 0 Å². The van der Waals surface area contributed by atoms with Gasteiger partial charge >= 0.3 is 0 Å². The Morgan fingerprint density at radius 2 is 1.69 bits per heavy atom. The van der Waals surface area contributed by atoms with Crippen LogP contribution in [0.2, 0.25) is 0 Å². The number of phenols is 1. The molecule has 2 aliphatic carbocycles. The molecule has 0 radical (unpaired) electrons. The highest BCUT2D eigenvalue weighted by atomic mass is 32.2. The van der Waals surface area contributed by atoms with Gasteiger partial charge in [-0.15, -0.1) is 0 Å². The lowest BCUT2D eigenvalue weighted by Crippen LogP contribution is -2.42. The van der Waals surface area contributed by atoms with Gasteiger partial charge in [0, 0.05) is 6.42 Å². The van der Waals surface area contributed by atoms with Crippen molar-refractivity contribution in [3.8, 4) is 5.75 Å². The monoisotopic (exact) mass is 406 g/mol. The fraction of sp³-hybridized carbons (Fsp3) is 0.562. The predicted molar refractivity (Wildman–Crippen MR) is 92.9 cm³/mol. The number of fused-ring (bicyclic) bond motifs is 2. The lowest BCUT2D eigenvalue weighted by atomic mass is 9.70. The molecular weight excluding hydrogens is 384 g/mol. The number of hydrogen-bond donors (Lipinski definition) is 3. The first kappa shape index (κ1) is 20.8. The zero-order chi connectivity index (χ0) is 20.0. The highest BCUT2D eigenvalue weighted by molar-refractivity contribution is 7.86. The van der Waals surface area contributed by atoms with Gasteiger partial charge < -0.3 is 5.11 Å². The van der Waals surface area contributed by atoms with Gasteiger partial charge in [0.1, 0.15) is 16.4 Å². The fourth-order valence-corrected chi connectivity index (χ4v) is 5.98. The summed E-state index contributed by atoms with van der Waals surface area (Å²) >= 11 is 0. The molecule has 8 nitrogen and oxygen atoms in total. The lowest BCUT2D eigenvalue weighted by molar-refractivity contribution is -0.128. The van der Waals surface area contributed by atoms with Gasteiger partial charge in [0.2, 0.25) is 0 Å². The Labute approximate surface area is 152 Å². The summed E-state index contributed by atoms with van der Waals surface area (Å²) in [5.41, 5.74) is -1.12. The van der Waals surface area contributed by atoms with Gasteiger partial charge in [0.05, 0.1) is 11.2 Å². The van der Waals surface area contributed by atoms with Crippen LogP contribution in [-0.4, -0.2) is 42.6 Å². The Morgan fingerprint density at radius 3 is 2.04 bits per heavy atom.